The third-order valence-electron chi connectivity index (χ3n) is 1.68. The van der Waals surface area contributed by atoms with Gasteiger partial charge in [0.2, 0.25) is 5.91 Å². The van der Waals surface area contributed by atoms with Crippen LogP contribution < -0.4 is 5.32 Å². The Morgan fingerprint density at radius 1 is 1.64 bits per heavy atom. The number of carbonyl (C=O) groups excluding carboxylic acids is 1. The Labute approximate surface area is 74.2 Å². The number of nitrogens with one attached hydrogen (secondary N) is 1. The number of hydrogen-bond acceptors (Lipinski definition) is 2. The summed E-state index contributed by atoms with van der Waals surface area (Å²) in [4.78, 5) is 10.9. The Morgan fingerprint density at radius 2 is 2.27 bits per heavy atom. The molecule has 1 unspecified atom stereocenters. The van der Waals surface area contributed by atoms with Gasteiger partial charge in [-0.05, 0) is 11.7 Å². The summed E-state index contributed by atoms with van der Waals surface area (Å²) in [5.74, 6) is 1.32. The number of hydrogen-bond donors (Lipinski definition) is 2. The van der Waals surface area contributed by atoms with Gasteiger partial charge < -0.3 is 5.32 Å². The van der Waals surface area contributed by atoms with E-state index in [2.05, 4.69) is 31.8 Å². The largest absolute Gasteiger partial charge is 0.356 e. The van der Waals surface area contributed by atoms with Gasteiger partial charge in [-0.3, -0.25) is 4.79 Å². The normalized spacial score (nSPS) is 12.6. The van der Waals surface area contributed by atoms with Crippen molar-refractivity contribution < 1.29 is 4.79 Å². The molecular weight excluding hydrogens is 158 g/mol. The minimum absolute atomic E-state index is 0.111. The highest BCUT2D eigenvalue weighted by Crippen LogP contribution is 1.97. The van der Waals surface area contributed by atoms with Crippen LogP contribution >= 0.6 is 12.6 Å². The molecule has 1 atom stereocenters. The SMILES string of the molecule is CCC(C)CNC(=O)CCS. The Balaban J connectivity index is 3.30. The molecule has 0 spiro atoms. The summed E-state index contributed by atoms with van der Waals surface area (Å²) < 4.78 is 0. The van der Waals surface area contributed by atoms with E-state index in [0.29, 0.717) is 18.1 Å². The predicted octanol–water partition coefficient (Wildman–Crippen LogP) is 1.47. The van der Waals surface area contributed by atoms with Gasteiger partial charge in [-0.15, -0.1) is 0 Å². The van der Waals surface area contributed by atoms with E-state index in [4.69, 9.17) is 0 Å². The van der Waals surface area contributed by atoms with Crippen molar-refractivity contribution in [2.24, 2.45) is 5.92 Å². The summed E-state index contributed by atoms with van der Waals surface area (Å²) in [6.07, 6.45) is 1.64. The van der Waals surface area contributed by atoms with E-state index in [1.807, 2.05) is 0 Å². The highest BCUT2D eigenvalue weighted by molar-refractivity contribution is 7.80. The van der Waals surface area contributed by atoms with E-state index in [1.165, 1.54) is 0 Å². The Morgan fingerprint density at radius 3 is 2.73 bits per heavy atom. The Hall–Kier alpha value is -0.180. The van der Waals surface area contributed by atoms with Gasteiger partial charge in [-0.2, -0.15) is 12.6 Å². The van der Waals surface area contributed by atoms with Crippen LogP contribution in [0.25, 0.3) is 0 Å². The Kier molecular flexibility index (Phi) is 6.42. The summed E-state index contributed by atoms with van der Waals surface area (Å²) in [6.45, 7) is 5.04. The molecule has 0 aromatic carbocycles. The van der Waals surface area contributed by atoms with Crippen molar-refractivity contribution in [2.45, 2.75) is 26.7 Å². The van der Waals surface area contributed by atoms with Crippen molar-refractivity contribution in [3.63, 3.8) is 0 Å². The molecule has 3 heteroatoms. The standard InChI is InChI=1S/C8H17NOS/c1-3-7(2)6-9-8(10)4-5-11/h7,11H,3-6H2,1-2H3,(H,9,10). The second-order valence-electron chi connectivity index (χ2n) is 2.79. The fraction of sp³-hybridized carbons (Fsp3) is 0.875. The van der Waals surface area contributed by atoms with Crippen molar-refractivity contribution in [2.75, 3.05) is 12.3 Å². The fourth-order valence-electron chi connectivity index (χ4n) is 0.622. The number of carbonyl (C=O) groups is 1. The zero-order valence-corrected chi connectivity index (χ0v) is 8.16. The molecule has 0 rings (SSSR count). The third-order valence-corrected chi connectivity index (χ3v) is 1.91. The average molecular weight is 175 g/mol. The summed E-state index contributed by atoms with van der Waals surface area (Å²) in [7, 11) is 0. The lowest BCUT2D eigenvalue weighted by Crippen LogP contribution is -2.28. The molecule has 0 aromatic rings. The molecule has 0 aromatic heterocycles. The van der Waals surface area contributed by atoms with Gasteiger partial charge >= 0.3 is 0 Å². The van der Waals surface area contributed by atoms with Crippen LogP contribution in [0, 0.1) is 5.92 Å². The molecule has 0 bridgehead atoms. The minimum Gasteiger partial charge on any atom is -0.356 e. The first-order chi connectivity index (χ1) is 5.20. The fourth-order valence-corrected chi connectivity index (χ4v) is 0.825. The smallest absolute Gasteiger partial charge is 0.220 e. The molecule has 0 radical (unpaired) electrons. The van der Waals surface area contributed by atoms with E-state index in [0.717, 1.165) is 13.0 Å². The molecule has 0 aliphatic carbocycles. The lowest BCUT2D eigenvalue weighted by Gasteiger charge is -2.08. The molecule has 1 N–H and O–H groups in total. The molecule has 0 heterocycles. The zero-order valence-electron chi connectivity index (χ0n) is 7.26. The monoisotopic (exact) mass is 175 g/mol. The number of thiol groups is 1. The van der Waals surface area contributed by atoms with Gasteiger partial charge in [-0.1, -0.05) is 20.3 Å². The van der Waals surface area contributed by atoms with E-state index in [9.17, 15) is 4.79 Å². The molecule has 0 saturated heterocycles. The van der Waals surface area contributed by atoms with Crippen molar-refractivity contribution in [1.29, 1.82) is 0 Å². The molecular formula is C8H17NOS. The quantitative estimate of drug-likeness (QED) is 0.609. The maximum absolute atomic E-state index is 10.9. The molecule has 2 nitrogen and oxygen atoms in total. The van der Waals surface area contributed by atoms with Crippen LogP contribution in [-0.4, -0.2) is 18.2 Å². The summed E-state index contributed by atoms with van der Waals surface area (Å²) in [5, 5.41) is 2.85. The summed E-state index contributed by atoms with van der Waals surface area (Å²) >= 11 is 3.97. The first kappa shape index (κ1) is 10.8. The third kappa shape index (κ3) is 6.23. The zero-order chi connectivity index (χ0) is 8.69. The van der Waals surface area contributed by atoms with Crippen LogP contribution in [0.15, 0.2) is 0 Å². The van der Waals surface area contributed by atoms with Crippen molar-refractivity contribution in [1.82, 2.24) is 5.32 Å². The van der Waals surface area contributed by atoms with Gasteiger partial charge in [0, 0.05) is 13.0 Å². The van der Waals surface area contributed by atoms with Crippen LogP contribution in [0.3, 0.4) is 0 Å². The van der Waals surface area contributed by atoms with Crippen molar-refractivity contribution in [3.05, 3.63) is 0 Å². The minimum atomic E-state index is 0.111. The van der Waals surface area contributed by atoms with E-state index >= 15 is 0 Å². The van der Waals surface area contributed by atoms with Crippen LogP contribution in [0.5, 0.6) is 0 Å². The van der Waals surface area contributed by atoms with Crippen LogP contribution in [0.1, 0.15) is 26.7 Å². The van der Waals surface area contributed by atoms with Gasteiger partial charge in [0.15, 0.2) is 0 Å². The summed E-state index contributed by atoms with van der Waals surface area (Å²) in [5.41, 5.74) is 0. The lowest BCUT2D eigenvalue weighted by molar-refractivity contribution is -0.120. The van der Waals surface area contributed by atoms with E-state index in [1.54, 1.807) is 0 Å². The maximum Gasteiger partial charge on any atom is 0.220 e. The number of amides is 1. The summed E-state index contributed by atoms with van der Waals surface area (Å²) in [6, 6.07) is 0. The first-order valence-electron chi connectivity index (χ1n) is 4.08. The van der Waals surface area contributed by atoms with Crippen LogP contribution in [0.4, 0.5) is 0 Å². The first-order valence-corrected chi connectivity index (χ1v) is 4.71. The predicted molar refractivity (Wildman–Crippen MR) is 50.9 cm³/mol. The highest BCUT2D eigenvalue weighted by atomic mass is 32.1. The molecule has 0 fully saturated rings. The average Bonchev–Trinajstić information content (AvgIpc) is 2.01. The molecule has 1 amide bonds. The van der Waals surface area contributed by atoms with Crippen molar-refractivity contribution in [3.8, 4) is 0 Å². The topological polar surface area (TPSA) is 29.1 Å². The van der Waals surface area contributed by atoms with Crippen molar-refractivity contribution >= 4 is 18.5 Å². The highest BCUT2D eigenvalue weighted by Gasteiger charge is 2.01. The second kappa shape index (κ2) is 6.53. The van der Waals surface area contributed by atoms with Gasteiger partial charge in [0.25, 0.3) is 0 Å². The van der Waals surface area contributed by atoms with Gasteiger partial charge in [0.05, 0.1) is 0 Å². The molecule has 11 heavy (non-hydrogen) atoms. The van der Waals surface area contributed by atoms with Crippen LogP contribution in [0.2, 0.25) is 0 Å². The van der Waals surface area contributed by atoms with Gasteiger partial charge in [0.1, 0.15) is 0 Å². The van der Waals surface area contributed by atoms with Crippen LogP contribution in [-0.2, 0) is 4.79 Å². The molecule has 66 valence electrons. The molecule has 0 saturated carbocycles. The van der Waals surface area contributed by atoms with Gasteiger partial charge in [-0.25, -0.2) is 0 Å². The number of rotatable bonds is 5. The molecule has 0 aliphatic rings. The second-order valence-corrected chi connectivity index (χ2v) is 3.24. The molecule has 0 aliphatic heterocycles. The maximum atomic E-state index is 10.9. The lowest BCUT2D eigenvalue weighted by atomic mass is 10.1. The Bertz CT molecular complexity index is 117. The van der Waals surface area contributed by atoms with E-state index < -0.39 is 0 Å². The van der Waals surface area contributed by atoms with E-state index in [-0.39, 0.29) is 5.91 Å².